The topological polar surface area (TPSA) is 60.0 Å². The van der Waals surface area contributed by atoms with Gasteiger partial charge in [-0.05, 0) is 49.3 Å². The predicted octanol–water partition coefficient (Wildman–Crippen LogP) is 4.00. The van der Waals surface area contributed by atoms with E-state index in [4.69, 9.17) is 14.2 Å². The van der Waals surface area contributed by atoms with Gasteiger partial charge in [-0.25, -0.2) is 0 Å². The second-order valence-corrected chi connectivity index (χ2v) is 6.64. The number of methoxy groups -OCH3 is 2. The van der Waals surface area contributed by atoms with Crippen LogP contribution in [-0.4, -0.2) is 51.3 Å². The second-order valence-electron chi connectivity index (χ2n) is 6.64. The third-order valence-corrected chi connectivity index (χ3v) is 4.78. The lowest BCUT2D eigenvalue weighted by Gasteiger charge is -2.19. The maximum Gasteiger partial charge on any atom is 0.224 e. The number of carbonyl (C=O) groups is 1. The predicted molar refractivity (Wildman–Crippen MR) is 116 cm³/mol. The van der Waals surface area contributed by atoms with E-state index in [2.05, 4.69) is 24.1 Å². The molecule has 0 heterocycles. The first-order valence-electron chi connectivity index (χ1n) is 10.1. The van der Waals surface area contributed by atoms with Gasteiger partial charge in [-0.1, -0.05) is 26.0 Å². The fourth-order valence-electron chi connectivity index (χ4n) is 3.00. The molecule has 6 nitrogen and oxygen atoms in total. The first-order valence-corrected chi connectivity index (χ1v) is 10.1. The Labute approximate surface area is 173 Å². The lowest BCUT2D eigenvalue weighted by atomic mass is 10.1. The van der Waals surface area contributed by atoms with Crippen LogP contribution in [0, 0.1) is 0 Å². The molecule has 2 rings (SSSR count). The summed E-state index contributed by atoms with van der Waals surface area (Å²) in [6, 6.07) is 13.2. The highest BCUT2D eigenvalue weighted by atomic mass is 16.5. The number of nitrogens with one attached hydrogen (secondary N) is 1. The first-order chi connectivity index (χ1) is 14.1. The number of anilines is 1. The molecule has 0 aliphatic carbocycles. The number of hydrogen-bond donors (Lipinski definition) is 1. The van der Waals surface area contributed by atoms with E-state index in [-0.39, 0.29) is 5.91 Å². The number of nitrogens with zero attached hydrogens (tertiary/aromatic N) is 1. The van der Waals surface area contributed by atoms with Crippen molar-refractivity contribution in [3.63, 3.8) is 0 Å². The van der Waals surface area contributed by atoms with E-state index in [9.17, 15) is 4.79 Å². The summed E-state index contributed by atoms with van der Waals surface area (Å²) < 4.78 is 16.5. The molecule has 0 aliphatic heterocycles. The molecular formula is C23H32N2O4. The maximum absolute atomic E-state index is 12.4. The van der Waals surface area contributed by atoms with Crippen molar-refractivity contribution in [2.45, 2.75) is 26.7 Å². The number of aryl methyl sites for hydroxylation is 1. The van der Waals surface area contributed by atoms with Gasteiger partial charge in [0, 0.05) is 24.7 Å². The Morgan fingerprint density at radius 1 is 1.00 bits per heavy atom. The lowest BCUT2D eigenvalue weighted by molar-refractivity contribution is -0.116. The highest BCUT2D eigenvalue weighted by Gasteiger charge is 2.10. The molecule has 0 saturated carbocycles. The SMILES string of the molecule is CCN(CC)CCOc1cc(NC(=O)CCc2cccc(OC)c2)ccc1OC. The number of benzene rings is 2. The molecule has 1 amide bonds. The highest BCUT2D eigenvalue weighted by molar-refractivity contribution is 5.91. The van der Waals surface area contributed by atoms with E-state index < -0.39 is 0 Å². The van der Waals surface area contributed by atoms with Crippen molar-refractivity contribution < 1.29 is 19.0 Å². The molecule has 0 spiro atoms. The van der Waals surface area contributed by atoms with Crippen LogP contribution in [0.3, 0.4) is 0 Å². The maximum atomic E-state index is 12.4. The molecule has 0 saturated heterocycles. The zero-order valence-electron chi connectivity index (χ0n) is 17.9. The normalized spacial score (nSPS) is 10.7. The van der Waals surface area contributed by atoms with Gasteiger partial charge in [0.2, 0.25) is 5.91 Å². The molecule has 29 heavy (non-hydrogen) atoms. The van der Waals surface area contributed by atoms with Gasteiger partial charge in [-0.2, -0.15) is 0 Å². The van der Waals surface area contributed by atoms with Gasteiger partial charge in [0.1, 0.15) is 12.4 Å². The van der Waals surface area contributed by atoms with E-state index in [0.29, 0.717) is 36.6 Å². The number of amides is 1. The van der Waals surface area contributed by atoms with Crippen molar-refractivity contribution in [2.24, 2.45) is 0 Å². The molecule has 0 unspecified atom stereocenters. The summed E-state index contributed by atoms with van der Waals surface area (Å²) in [5, 5.41) is 2.94. The monoisotopic (exact) mass is 400 g/mol. The smallest absolute Gasteiger partial charge is 0.224 e. The van der Waals surface area contributed by atoms with Crippen molar-refractivity contribution in [3.05, 3.63) is 48.0 Å². The summed E-state index contributed by atoms with van der Waals surface area (Å²) in [6.07, 6.45) is 1.03. The molecule has 158 valence electrons. The third kappa shape index (κ3) is 7.31. The molecule has 0 fully saturated rings. The zero-order valence-corrected chi connectivity index (χ0v) is 17.9. The summed E-state index contributed by atoms with van der Waals surface area (Å²) in [7, 11) is 3.25. The van der Waals surface area contributed by atoms with E-state index in [0.717, 1.165) is 30.9 Å². The van der Waals surface area contributed by atoms with E-state index in [1.165, 1.54) is 0 Å². The minimum atomic E-state index is -0.0490. The third-order valence-electron chi connectivity index (χ3n) is 4.78. The average Bonchev–Trinajstić information content (AvgIpc) is 2.75. The van der Waals surface area contributed by atoms with Crippen molar-refractivity contribution in [2.75, 3.05) is 45.8 Å². The molecule has 6 heteroatoms. The van der Waals surface area contributed by atoms with Crippen LogP contribution in [-0.2, 0) is 11.2 Å². The van der Waals surface area contributed by atoms with Crippen LogP contribution in [0.1, 0.15) is 25.8 Å². The van der Waals surface area contributed by atoms with Gasteiger partial charge >= 0.3 is 0 Å². The van der Waals surface area contributed by atoms with Crippen molar-refractivity contribution in [1.29, 1.82) is 0 Å². The number of rotatable bonds is 12. The molecule has 0 bridgehead atoms. The molecule has 1 N–H and O–H groups in total. The summed E-state index contributed by atoms with van der Waals surface area (Å²) in [4.78, 5) is 14.7. The summed E-state index contributed by atoms with van der Waals surface area (Å²) >= 11 is 0. The van der Waals surface area contributed by atoms with E-state index >= 15 is 0 Å². The zero-order chi connectivity index (χ0) is 21.1. The van der Waals surface area contributed by atoms with E-state index in [1.54, 1.807) is 14.2 Å². The van der Waals surface area contributed by atoms with Gasteiger partial charge in [0.05, 0.1) is 14.2 Å². The van der Waals surface area contributed by atoms with Crippen LogP contribution >= 0.6 is 0 Å². The molecule has 2 aromatic carbocycles. The van der Waals surface area contributed by atoms with Crippen LogP contribution in [0.15, 0.2) is 42.5 Å². The van der Waals surface area contributed by atoms with Gasteiger partial charge in [-0.15, -0.1) is 0 Å². The molecule has 0 radical (unpaired) electrons. The van der Waals surface area contributed by atoms with Crippen molar-refractivity contribution in [3.8, 4) is 17.2 Å². The molecule has 2 aromatic rings. The van der Waals surface area contributed by atoms with Crippen LogP contribution in [0.4, 0.5) is 5.69 Å². The van der Waals surface area contributed by atoms with Gasteiger partial charge < -0.3 is 24.4 Å². The Morgan fingerprint density at radius 2 is 1.79 bits per heavy atom. The quantitative estimate of drug-likeness (QED) is 0.584. The van der Waals surface area contributed by atoms with Crippen LogP contribution in [0.2, 0.25) is 0 Å². The minimum Gasteiger partial charge on any atom is -0.497 e. The molecule has 0 aromatic heterocycles. The Bertz CT molecular complexity index is 775. The fourth-order valence-corrected chi connectivity index (χ4v) is 3.00. The van der Waals surface area contributed by atoms with Crippen molar-refractivity contribution in [1.82, 2.24) is 4.90 Å². The van der Waals surface area contributed by atoms with Crippen LogP contribution < -0.4 is 19.5 Å². The molecular weight excluding hydrogens is 368 g/mol. The Balaban J connectivity index is 1.92. The Kier molecular flexibility index (Phi) is 9.31. The summed E-state index contributed by atoms with van der Waals surface area (Å²) in [6.45, 7) is 7.64. The van der Waals surface area contributed by atoms with Crippen molar-refractivity contribution >= 4 is 11.6 Å². The number of ether oxygens (including phenoxy) is 3. The average molecular weight is 401 g/mol. The highest BCUT2D eigenvalue weighted by Crippen LogP contribution is 2.30. The van der Waals surface area contributed by atoms with Gasteiger partial charge in [0.25, 0.3) is 0 Å². The lowest BCUT2D eigenvalue weighted by Crippen LogP contribution is -2.28. The molecule has 0 atom stereocenters. The second kappa shape index (κ2) is 12.0. The van der Waals surface area contributed by atoms with E-state index in [1.807, 2.05) is 42.5 Å². The molecule has 0 aliphatic rings. The van der Waals surface area contributed by atoms with Crippen LogP contribution in [0.5, 0.6) is 17.2 Å². The summed E-state index contributed by atoms with van der Waals surface area (Å²) in [5.41, 5.74) is 1.76. The number of carbonyl (C=O) groups excluding carboxylic acids is 1. The Hall–Kier alpha value is -2.73. The first kappa shape index (κ1) is 22.6. The van der Waals surface area contributed by atoms with Gasteiger partial charge in [0.15, 0.2) is 11.5 Å². The van der Waals surface area contributed by atoms with Crippen LogP contribution in [0.25, 0.3) is 0 Å². The Morgan fingerprint density at radius 3 is 2.48 bits per heavy atom. The largest absolute Gasteiger partial charge is 0.497 e. The standard InChI is InChI=1S/C23H32N2O4/c1-5-25(6-2)14-15-29-22-17-19(11-12-21(22)28-4)24-23(26)13-10-18-8-7-9-20(16-18)27-3/h7-9,11-12,16-17H,5-6,10,13-15H2,1-4H3,(H,24,26). The summed E-state index contributed by atoms with van der Waals surface area (Å²) in [5.74, 6) is 2.03. The fraction of sp³-hybridized carbons (Fsp3) is 0.435. The van der Waals surface area contributed by atoms with Gasteiger partial charge in [-0.3, -0.25) is 4.79 Å². The number of likely N-dealkylation sites (N-methyl/N-ethyl adjacent to an activating group) is 1. The minimum absolute atomic E-state index is 0.0490. The number of hydrogen-bond acceptors (Lipinski definition) is 5.